The third-order valence-corrected chi connectivity index (χ3v) is 3.86. The molecule has 1 heterocycles. The first kappa shape index (κ1) is 15.0. The number of pyridine rings is 1. The van der Waals surface area contributed by atoms with E-state index in [-0.39, 0.29) is 12.5 Å². The van der Waals surface area contributed by atoms with Gasteiger partial charge in [-0.3, -0.25) is 9.78 Å². The van der Waals surface area contributed by atoms with Gasteiger partial charge in [-0.2, -0.15) is 0 Å². The average molecular weight is 305 g/mol. The molecular weight excluding hydrogens is 286 g/mol. The summed E-state index contributed by atoms with van der Waals surface area (Å²) >= 11 is 0. The standard InChI is InChI=1S/C19H19N3O/c1-13-8-9-16(11-14(13)2)22-18(23)12-21-17-7-3-5-15-6-4-10-20-19(15)17/h3-11,21H,12H2,1-2H3,(H,22,23). The van der Waals surface area contributed by atoms with Crippen molar-refractivity contribution in [2.24, 2.45) is 0 Å². The number of amides is 1. The smallest absolute Gasteiger partial charge is 0.243 e. The summed E-state index contributed by atoms with van der Waals surface area (Å²) in [7, 11) is 0. The summed E-state index contributed by atoms with van der Waals surface area (Å²) in [5.74, 6) is -0.0822. The van der Waals surface area contributed by atoms with Crippen LogP contribution in [0.2, 0.25) is 0 Å². The largest absolute Gasteiger partial charge is 0.374 e. The molecule has 1 aromatic heterocycles. The molecule has 0 unspecified atom stereocenters. The number of aryl methyl sites for hydroxylation is 2. The molecule has 0 saturated carbocycles. The van der Waals surface area contributed by atoms with Gasteiger partial charge in [0.15, 0.2) is 0 Å². The molecule has 23 heavy (non-hydrogen) atoms. The fraction of sp³-hybridized carbons (Fsp3) is 0.158. The van der Waals surface area contributed by atoms with E-state index in [1.807, 2.05) is 55.5 Å². The van der Waals surface area contributed by atoms with Crippen molar-refractivity contribution >= 4 is 28.2 Å². The SMILES string of the molecule is Cc1ccc(NC(=O)CNc2cccc3cccnc23)cc1C. The Labute approximate surface area is 135 Å². The molecule has 1 amide bonds. The molecule has 0 aliphatic rings. The predicted octanol–water partition coefficient (Wildman–Crippen LogP) is 3.90. The Morgan fingerprint density at radius 1 is 1.04 bits per heavy atom. The van der Waals surface area contributed by atoms with Crippen LogP contribution < -0.4 is 10.6 Å². The molecule has 0 spiro atoms. The molecule has 0 saturated heterocycles. The van der Waals surface area contributed by atoms with Crippen LogP contribution in [0.1, 0.15) is 11.1 Å². The van der Waals surface area contributed by atoms with Gasteiger partial charge in [-0.15, -0.1) is 0 Å². The van der Waals surface area contributed by atoms with Gasteiger partial charge >= 0.3 is 0 Å². The third kappa shape index (κ3) is 3.48. The number of carbonyl (C=O) groups is 1. The maximum absolute atomic E-state index is 12.1. The zero-order valence-corrected chi connectivity index (χ0v) is 13.3. The van der Waals surface area contributed by atoms with Gasteiger partial charge in [0, 0.05) is 17.3 Å². The first-order chi connectivity index (χ1) is 11.1. The molecule has 4 heteroatoms. The summed E-state index contributed by atoms with van der Waals surface area (Å²) in [6, 6.07) is 15.7. The zero-order chi connectivity index (χ0) is 16.2. The fourth-order valence-electron chi connectivity index (χ4n) is 2.45. The molecule has 2 aromatic carbocycles. The van der Waals surface area contributed by atoms with Gasteiger partial charge in [-0.25, -0.2) is 0 Å². The van der Waals surface area contributed by atoms with E-state index < -0.39 is 0 Å². The lowest BCUT2D eigenvalue weighted by molar-refractivity contribution is -0.114. The number of aromatic nitrogens is 1. The fourth-order valence-corrected chi connectivity index (χ4v) is 2.45. The van der Waals surface area contributed by atoms with Gasteiger partial charge in [0.05, 0.1) is 17.7 Å². The van der Waals surface area contributed by atoms with E-state index in [9.17, 15) is 4.79 Å². The van der Waals surface area contributed by atoms with E-state index in [4.69, 9.17) is 0 Å². The van der Waals surface area contributed by atoms with Crippen molar-refractivity contribution in [2.75, 3.05) is 17.2 Å². The van der Waals surface area contributed by atoms with Gasteiger partial charge in [0.1, 0.15) is 0 Å². The van der Waals surface area contributed by atoms with Crippen LogP contribution >= 0.6 is 0 Å². The molecule has 0 aliphatic carbocycles. The summed E-state index contributed by atoms with van der Waals surface area (Å²) in [6.45, 7) is 4.28. The number of nitrogens with one attached hydrogen (secondary N) is 2. The van der Waals surface area contributed by atoms with E-state index in [0.29, 0.717) is 0 Å². The molecule has 116 valence electrons. The van der Waals surface area contributed by atoms with Crippen molar-refractivity contribution in [3.05, 3.63) is 65.9 Å². The number of hydrogen-bond donors (Lipinski definition) is 2. The van der Waals surface area contributed by atoms with Crippen LogP contribution in [0.25, 0.3) is 10.9 Å². The van der Waals surface area contributed by atoms with Gasteiger partial charge in [-0.1, -0.05) is 24.3 Å². The summed E-state index contributed by atoms with van der Waals surface area (Å²) in [6.07, 6.45) is 1.75. The number of nitrogens with zero attached hydrogens (tertiary/aromatic N) is 1. The monoisotopic (exact) mass is 305 g/mol. The highest BCUT2D eigenvalue weighted by molar-refractivity contribution is 5.96. The molecule has 0 fully saturated rings. The molecule has 0 atom stereocenters. The van der Waals surface area contributed by atoms with Crippen molar-refractivity contribution in [3.63, 3.8) is 0 Å². The van der Waals surface area contributed by atoms with E-state index in [1.165, 1.54) is 5.56 Å². The van der Waals surface area contributed by atoms with E-state index >= 15 is 0 Å². The summed E-state index contributed by atoms with van der Waals surface area (Å²) < 4.78 is 0. The Kier molecular flexibility index (Phi) is 4.24. The van der Waals surface area contributed by atoms with E-state index in [1.54, 1.807) is 6.20 Å². The van der Waals surface area contributed by atoms with Crippen LogP contribution in [0.4, 0.5) is 11.4 Å². The molecule has 2 N–H and O–H groups in total. The zero-order valence-electron chi connectivity index (χ0n) is 13.3. The van der Waals surface area contributed by atoms with Crippen LogP contribution in [0.15, 0.2) is 54.7 Å². The minimum absolute atomic E-state index is 0.0822. The number of rotatable bonds is 4. The molecular formula is C19H19N3O. The summed E-state index contributed by atoms with van der Waals surface area (Å²) in [4.78, 5) is 16.5. The molecule has 4 nitrogen and oxygen atoms in total. The topological polar surface area (TPSA) is 54.0 Å². The average Bonchev–Trinajstić information content (AvgIpc) is 2.56. The lowest BCUT2D eigenvalue weighted by Crippen LogP contribution is -2.22. The first-order valence-electron chi connectivity index (χ1n) is 7.58. The maximum Gasteiger partial charge on any atom is 0.243 e. The lowest BCUT2D eigenvalue weighted by atomic mass is 10.1. The molecule has 0 aliphatic heterocycles. The molecule has 0 bridgehead atoms. The number of fused-ring (bicyclic) bond motifs is 1. The van der Waals surface area contributed by atoms with Crippen molar-refractivity contribution in [3.8, 4) is 0 Å². The highest BCUT2D eigenvalue weighted by atomic mass is 16.1. The van der Waals surface area contributed by atoms with Gasteiger partial charge in [0.2, 0.25) is 5.91 Å². The Bertz CT molecular complexity index is 853. The minimum Gasteiger partial charge on any atom is -0.374 e. The number of hydrogen-bond acceptors (Lipinski definition) is 3. The second kappa shape index (κ2) is 6.48. The minimum atomic E-state index is -0.0822. The second-order valence-electron chi connectivity index (χ2n) is 5.58. The van der Waals surface area contributed by atoms with Crippen LogP contribution in [-0.2, 0) is 4.79 Å². The van der Waals surface area contributed by atoms with E-state index in [0.717, 1.165) is 27.8 Å². The third-order valence-electron chi connectivity index (χ3n) is 3.86. The van der Waals surface area contributed by atoms with Gasteiger partial charge < -0.3 is 10.6 Å². The number of carbonyl (C=O) groups excluding carboxylic acids is 1. The maximum atomic E-state index is 12.1. The molecule has 0 radical (unpaired) electrons. The predicted molar refractivity (Wildman–Crippen MR) is 94.8 cm³/mol. The van der Waals surface area contributed by atoms with Crippen molar-refractivity contribution in [2.45, 2.75) is 13.8 Å². The lowest BCUT2D eigenvalue weighted by Gasteiger charge is -2.10. The second-order valence-corrected chi connectivity index (χ2v) is 5.58. The van der Waals surface area contributed by atoms with E-state index in [2.05, 4.69) is 22.5 Å². The molecule has 3 aromatic rings. The number of para-hydroxylation sites is 1. The Morgan fingerprint density at radius 2 is 1.87 bits per heavy atom. The Morgan fingerprint density at radius 3 is 2.70 bits per heavy atom. The van der Waals surface area contributed by atoms with Gasteiger partial charge in [-0.05, 0) is 49.2 Å². The van der Waals surface area contributed by atoms with Gasteiger partial charge in [0.25, 0.3) is 0 Å². The van der Waals surface area contributed by atoms with Crippen LogP contribution in [0.5, 0.6) is 0 Å². The Hall–Kier alpha value is -2.88. The summed E-state index contributed by atoms with van der Waals surface area (Å²) in [5.41, 5.74) is 4.92. The number of benzene rings is 2. The summed E-state index contributed by atoms with van der Waals surface area (Å²) in [5, 5.41) is 7.11. The van der Waals surface area contributed by atoms with Crippen molar-refractivity contribution < 1.29 is 4.79 Å². The highest BCUT2D eigenvalue weighted by Gasteiger charge is 2.06. The van der Waals surface area contributed by atoms with Crippen LogP contribution in [0, 0.1) is 13.8 Å². The quantitative estimate of drug-likeness (QED) is 0.768. The van der Waals surface area contributed by atoms with Crippen LogP contribution in [-0.4, -0.2) is 17.4 Å². The number of anilines is 2. The van der Waals surface area contributed by atoms with Crippen LogP contribution in [0.3, 0.4) is 0 Å². The van der Waals surface area contributed by atoms with Crippen molar-refractivity contribution in [1.82, 2.24) is 4.98 Å². The molecule has 3 rings (SSSR count). The normalized spacial score (nSPS) is 10.5. The van der Waals surface area contributed by atoms with Crippen molar-refractivity contribution in [1.29, 1.82) is 0 Å². The first-order valence-corrected chi connectivity index (χ1v) is 7.58. The Balaban J connectivity index is 1.67. The highest BCUT2D eigenvalue weighted by Crippen LogP contribution is 2.20.